The molecule has 0 bridgehead atoms. The Morgan fingerprint density at radius 1 is 1.53 bits per heavy atom. The maximum atomic E-state index is 4.51. The van der Waals surface area contributed by atoms with Crippen LogP contribution in [0.15, 0.2) is 12.1 Å². The molecule has 1 aromatic heterocycles. The standard InChI is InChI=1S/C12H19N3/c1-4-8(2)11-7-13-10-6-5-9(3)14-12(10)15-11/h5-6,8,11,13H,4,7H2,1-3H3,(H,14,15). The van der Waals surface area contributed by atoms with E-state index < -0.39 is 0 Å². The molecule has 0 aromatic carbocycles. The Hall–Kier alpha value is -1.25. The highest BCUT2D eigenvalue weighted by Gasteiger charge is 2.21. The number of anilines is 2. The van der Waals surface area contributed by atoms with E-state index in [2.05, 4.69) is 35.5 Å². The van der Waals surface area contributed by atoms with E-state index in [1.807, 2.05) is 13.0 Å². The number of nitrogens with zero attached hydrogens (tertiary/aromatic N) is 1. The van der Waals surface area contributed by atoms with Crippen LogP contribution in [0.4, 0.5) is 11.5 Å². The zero-order valence-corrected chi connectivity index (χ0v) is 9.67. The Kier molecular flexibility index (Phi) is 2.80. The molecule has 2 atom stereocenters. The van der Waals surface area contributed by atoms with Crippen molar-refractivity contribution in [1.29, 1.82) is 0 Å². The maximum absolute atomic E-state index is 4.51. The van der Waals surface area contributed by atoms with Crippen LogP contribution in [0.5, 0.6) is 0 Å². The molecule has 0 saturated carbocycles. The summed E-state index contributed by atoms with van der Waals surface area (Å²) in [5.41, 5.74) is 2.19. The fourth-order valence-corrected chi connectivity index (χ4v) is 1.88. The molecule has 1 aliphatic rings. The van der Waals surface area contributed by atoms with E-state index in [0.717, 1.165) is 23.7 Å². The van der Waals surface area contributed by atoms with Crippen molar-refractivity contribution in [3.8, 4) is 0 Å². The lowest BCUT2D eigenvalue weighted by molar-refractivity contribution is 0.476. The van der Waals surface area contributed by atoms with Gasteiger partial charge in [0.1, 0.15) is 5.82 Å². The Labute approximate surface area is 91.3 Å². The second-order valence-corrected chi connectivity index (χ2v) is 4.37. The van der Waals surface area contributed by atoms with Crippen molar-refractivity contribution in [1.82, 2.24) is 4.98 Å². The molecule has 0 aliphatic carbocycles. The van der Waals surface area contributed by atoms with Crippen LogP contribution < -0.4 is 10.6 Å². The molecule has 3 nitrogen and oxygen atoms in total. The molecule has 2 heterocycles. The van der Waals surface area contributed by atoms with E-state index in [9.17, 15) is 0 Å². The lowest BCUT2D eigenvalue weighted by Crippen LogP contribution is -2.38. The summed E-state index contributed by atoms with van der Waals surface area (Å²) in [5, 5.41) is 6.94. The Bertz CT molecular complexity index is 349. The third-order valence-corrected chi connectivity index (χ3v) is 3.20. The largest absolute Gasteiger partial charge is 0.380 e. The number of aromatic nitrogens is 1. The van der Waals surface area contributed by atoms with Gasteiger partial charge in [-0.25, -0.2) is 4.98 Å². The minimum Gasteiger partial charge on any atom is -0.380 e. The average molecular weight is 205 g/mol. The van der Waals surface area contributed by atoms with Crippen LogP contribution >= 0.6 is 0 Å². The van der Waals surface area contributed by atoms with Gasteiger partial charge in [0.05, 0.1) is 5.69 Å². The van der Waals surface area contributed by atoms with Gasteiger partial charge in [0.25, 0.3) is 0 Å². The second-order valence-electron chi connectivity index (χ2n) is 4.37. The molecule has 1 aromatic rings. The van der Waals surface area contributed by atoms with Gasteiger partial charge in [-0.1, -0.05) is 20.3 Å². The molecule has 15 heavy (non-hydrogen) atoms. The van der Waals surface area contributed by atoms with E-state index in [-0.39, 0.29) is 0 Å². The number of hydrogen-bond donors (Lipinski definition) is 2. The van der Waals surface area contributed by atoms with Crippen molar-refractivity contribution in [3.63, 3.8) is 0 Å². The van der Waals surface area contributed by atoms with E-state index in [0.29, 0.717) is 12.0 Å². The van der Waals surface area contributed by atoms with Gasteiger partial charge in [-0.3, -0.25) is 0 Å². The molecule has 2 unspecified atom stereocenters. The van der Waals surface area contributed by atoms with Crippen LogP contribution in [-0.4, -0.2) is 17.6 Å². The van der Waals surface area contributed by atoms with E-state index >= 15 is 0 Å². The highest BCUT2D eigenvalue weighted by Crippen LogP contribution is 2.26. The van der Waals surface area contributed by atoms with Gasteiger partial charge in [0, 0.05) is 18.3 Å². The summed E-state index contributed by atoms with van der Waals surface area (Å²) >= 11 is 0. The third kappa shape index (κ3) is 2.06. The van der Waals surface area contributed by atoms with Gasteiger partial charge in [0.15, 0.2) is 0 Å². The number of aryl methyl sites for hydroxylation is 1. The fourth-order valence-electron chi connectivity index (χ4n) is 1.88. The Morgan fingerprint density at radius 3 is 3.07 bits per heavy atom. The van der Waals surface area contributed by atoms with Crippen molar-refractivity contribution in [2.75, 3.05) is 17.2 Å². The molecule has 3 heteroatoms. The van der Waals surface area contributed by atoms with E-state index in [4.69, 9.17) is 0 Å². The summed E-state index contributed by atoms with van der Waals surface area (Å²) in [6.07, 6.45) is 1.19. The van der Waals surface area contributed by atoms with Gasteiger partial charge in [-0.05, 0) is 25.0 Å². The normalized spacial score (nSPS) is 21.1. The van der Waals surface area contributed by atoms with Crippen LogP contribution in [-0.2, 0) is 0 Å². The van der Waals surface area contributed by atoms with Crippen LogP contribution in [0.1, 0.15) is 26.0 Å². The van der Waals surface area contributed by atoms with Gasteiger partial charge in [0.2, 0.25) is 0 Å². The molecule has 0 spiro atoms. The van der Waals surface area contributed by atoms with Crippen LogP contribution in [0.2, 0.25) is 0 Å². The molecule has 2 rings (SSSR count). The molecule has 0 fully saturated rings. The van der Waals surface area contributed by atoms with Crippen LogP contribution in [0, 0.1) is 12.8 Å². The summed E-state index contributed by atoms with van der Waals surface area (Å²) in [6.45, 7) is 7.52. The third-order valence-electron chi connectivity index (χ3n) is 3.20. The minimum atomic E-state index is 0.497. The van der Waals surface area contributed by atoms with E-state index in [1.165, 1.54) is 6.42 Å². The fraction of sp³-hybridized carbons (Fsp3) is 0.583. The topological polar surface area (TPSA) is 37.0 Å². The van der Waals surface area contributed by atoms with Gasteiger partial charge in [-0.15, -0.1) is 0 Å². The predicted molar refractivity (Wildman–Crippen MR) is 64.3 cm³/mol. The number of hydrogen-bond acceptors (Lipinski definition) is 3. The molecular weight excluding hydrogens is 186 g/mol. The summed E-state index contributed by atoms with van der Waals surface area (Å²) in [4.78, 5) is 4.51. The van der Waals surface area contributed by atoms with E-state index in [1.54, 1.807) is 0 Å². The monoisotopic (exact) mass is 205 g/mol. The first-order chi connectivity index (χ1) is 7.20. The number of rotatable bonds is 2. The zero-order valence-electron chi connectivity index (χ0n) is 9.67. The highest BCUT2D eigenvalue weighted by molar-refractivity contribution is 5.67. The second kappa shape index (κ2) is 4.09. The average Bonchev–Trinajstić information content (AvgIpc) is 2.27. The molecule has 82 valence electrons. The SMILES string of the molecule is CCC(C)C1CNc2ccc(C)nc2N1. The molecular formula is C12H19N3. The van der Waals surface area contributed by atoms with Gasteiger partial charge >= 0.3 is 0 Å². The molecule has 1 aliphatic heterocycles. The zero-order chi connectivity index (χ0) is 10.8. The number of fused-ring (bicyclic) bond motifs is 1. The highest BCUT2D eigenvalue weighted by atomic mass is 15.1. The van der Waals surface area contributed by atoms with Crippen molar-refractivity contribution in [2.45, 2.75) is 33.2 Å². The maximum Gasteiger partial charge on any atom is 0.149 e. The lowest BCUT2D eigenvalue weighted by atomic mass is 9.97. The van der Waals surface area contributed by atoms with Gasteiger partial charge in [-0.2, -0.15) is 0 Å². The van der Waals surface area contributed by atoms with Crippen LogP contribution in [0.25, 0.3) is 0 Å². The first-order valence-corrected chi connectivity index (χ1v) is 5.68. The van der Waals surface area contributed by atoms with Crippen molar-refractivity contribution in [2.24, 2.45) is 5.92 Å². The molecule has 0 amide bonds. The van der Waals surface area contributed by atoms with Gasteiger partial charge < -0.3 is 10.6 Å². The first-order valence-electron chi connectivity index (χ1n) is 5.68. The summed E-state index contributed by atoms with van der Waals surface area (Å²) in [7, 11) is 0. The predicted octanol–water partition coefficient (Wildman–Crippen LogP) is 2.64. The summed E-state index contributed by atoms with van der Waals surface area (Å²) in [5.74, 6) is 1.68. The number of nitrogens with one attached hydrogen (secondary N) is 2. The molecule has 0 radical (unpaired) electrons. The Balaban J connectivity index is 2.18. The molecule has 2 N–H and O–H groups in total. The quantitative estimate of drug-likeness (QED) is 0.779. The first kappa shape index (κ1) is 10.3. The lowest BCUT2D eigenvalue weighted by Gasteiger charge is -2.31. The van der Waals surface area contributed by atoms with Crippen molar-refractivity contribution in [3.05, 3.63) is 17.8 Å². The van der Waals surface area contributed by atoms with Crippen molar-refractivity contribution >= 4 is 11.5 Å². The Morgan fingerprint density at radius 2 is 2.33 bits per heavy atom. The summed E-state index contributed by atoms with van der Waals surface area (Å²) < 4.78 is 0. The molecule has 0 saturated heterocycles. The smallest absolute Gasteiger partial charge is 0.149 e. The van der Waals surface area contributed by atoms with Crippen molar-refractivity contribution < 1.29 is 0 Å². The number of pyridine rings is 1. The van der Waals surface area contributed by atoms with Crippen LogP contribution in [0.3, 0.4) is 0 Å². The minimum absolute atomic E-state index is 0.497. The summed E-state index contributed by atoms with van der Waals surface area (Å²) in [6, 6.07) is 4.63.